The predicted octanol–water partition coefficient (Wildman–Crippen LogP) is 4.93. The Kier molecular flexibility index (Phi) is 5.05. The third-order valence-corrected chi connectivity index (χ3v) is 5.43. The van der Waals surface area contributed by atoms with E-state index < -0.39 is 10.9 Å². The summed E-state index contributed by atoms with van der Waals surface area (Å²) < 4.78 is 0. The van der Waals surface area contributed by atoms with Crippen LogP contribution in [0.1, 0.15) is 36.9 Å². The minimum Gasteiger partial charge on any atom is -0.477 e. The number of carboxylic acid groups (broad SMARTS) is 1. The normalized spacial score (nSPS) is 10.8. The highest BCUT2D eigenvalue weighted by atomic mass is 32.1. The van der Waals surface area contributed by atoms with Crippen LogP contribution in [0.25, 0.3) is 11.3 Å². The molecule has 0 saturated heterocycles. The lowest BCUT2D eigenvalue weighted by atomic mass is 10.0. The summed E-state index contributed by atoms with van der Waals surface area (Å²) in [4.78, 5) is 27.1. The van der Waals surface area contributed by atoms with Crippen molar-refractivity contribution >= 4 is 23.0 Å². The van der Waals surface area contributed by atoms with Crippen LogP contribution in [0.2, 0.25) is 0 Å². The summed E-state index contributed by atoms with van der Waals surface area (Å²) in [5, 5.41) is 21.3. The molecule has 1 heterocycles. The third kappa shape index (κ3) is 3.88. The van der Waals surface area contributed by atoms with Gasteiger partial charge in [-0.25, -0.2) is 9.78 Å². The second-order valence-corrected chi connectivity index (χ2v) is 7.54. The SMILES string of the molecule is Cc1ccc(-c2nc(Cc3cc(C)c([N+](=O)[O-])cc3C)sc2C(=O)O)cc1. The number of aromatic carboxylic acids is 1. The first kappa shape index (κ1) is 18.7. The van der Waals surface area contributed by atoms with Gasteiger partial charge in [0, 0.05) is 23.6 Å². The minimum atomic E-state index is -1.01. The van der Waals surface area contributed by atoms with Gasteiger partial charge in [0.15, 0.2) is 0 Å². The molecular weight excluding hydrogens is 364 g/mol. The highest BCUT2D eigenvalue weighted by molar-refractivity contribution is 7.14. The predicted molar refractivity (Wildman–Crippen MR) is 105 cm³/mol. The van der Waals surface area contributed by atoms with Crippen molar-refractivity contribution in [3.63, 3.8) is 0 Å². The maximum absolute atomic E-state index is 11.7. The molecule has 1 N–H and O–H groups in total. The fourth-order valence-electron chi connectivity index (χ4n) is 2.90. The number of rotatable bonds is 5. The number of thiazole rings is 1. The van der Waals surface area contributed by atoms with Crippen LogP contribution in [-0.4, -0.2) is 21.0 Å². The first-order valence-electron chi connectivity index (χ1n) is 8.31. The number of aromatic nitrogens is 1. The molecule has 0 spiro atoms. The van der Waals surface area contributed by atoms with Crippen molar-refractivity contribution in [2.45, 2.75) is 27.2 Å². The van der Waals surface area contributed by atoms with E-state index in [1.54, 1.807) is 19.1 Å². The van der Waals surface area contributed by atoms with E-state index in [9.17, 15) is 20.0 Å². The van der Waals surface area contributed by atoms with E-state index in [1.165, 1.54) is 0 Å². The molecule has 0 amide bonds. The summed E-state index contributed by atoms with van der Waals surface area (Å²) in [6.45, 7) is 5.48. The number of nitro benzene ring substituents is 1. The molecule has 0 atom stereocenters. The average molecular weight is 382 g/mol. The minimum absolute atomic E-state index is 0.0851. The summed E-state index contributed by atoms with van der Waals surface area (Å²) in [6, 6.07) is 10.9. The highest BCUT2D eigenvalue weighted by Crippen LogP contribution is 2.31. The molecule has 3 rings (SSSR count). The fraction of sp³-hybridized carbons (Fsp3) is 0.200. The van der Waals surface area contributed by atoms with Gasteiger partial charge >= 0.3 is 5.97 Å². The van der Waals surface area contributed by atoms with Crippen molar-refractivity contribution in [1.82, 2.24) is 4.98 Å². The number of carboxylic acids is 1. The van der Waals surface area contributed by atoms with Crippen molar-refractivity contribution in [2.75, 3.05) is 0 Å². The number of nitro groups is 1. The van der Waals surface area contributed by atoms with Crippen LogP contribution in [0.5, 0.6) is 0 Å². The van der Waals surface area contributed by atoms with Gasteiger partial charge < -0.3 is 5.11 Å². The number of benzene rings is 2. The van der Waals surface area contributed by atoms with Gasteiger partial charge in [-0.15, -0.1) is 11.3 Å². The summed E-state index contributed by atoms with van der Waals surface area (Å²) in [7, 11) is 0. The molecule has 6 nitrogen and oxygen atoms in total. The smallest absolute Gasteiger partial charge is 0.348 e. The Morgan fingerprint density at radius 3 is 2.41 bits per heavy atom. The first-order chi connectivity index (χ1) is 12.8. The molecule has 138 valence electrons. The molecule has 0 aliphatic heterocycles. The van der Waals surface area contributed by atoms with Crippen molar-refractivity contribution in [1.29, 1.82) is 0 Å². The van der Waals surface area contributed by atoms with Gasteiger partial charge in [-0.3, -0.25) is 10.1 Å². The summed E-state index contributed by atoms with van der Waals surface area (Å²) >= 11 is 1.14. The largest absolute Gasteiger partial charge is 0.477 e. The van der Waals surface area contributed by atoms with E-state index in [0.717, 1.165) is 33.6 Å². The Balaban J connectivity index is 2.00. The number of hydrogen-bond acceptors (Lipinski definition) is 5. The van der Waals surface area contributed by atoms with Gasteiger partial charge in [0.05, 0.1) is 15.6 Å². The van der Waals surface area contributed by atoms with Crippen molar-refractivity contribution in [3.05, 3.63) is 78.7 Å². The third-order valence-electron chi connectivity index (χ3n) is 4.38. The highest BCUT2D eigenvalue weighted by Gasteiger charge is 2.20. The lowest BCUT2D eigenvalue weighted by Gasteiger charge is -2.06. The van der Waals surface area contributed by atoms with Gasteiger partial charge in [0.25, 0.3) is 5.69 Å². The van der Waals surface area contributed by atoms with Gasteiger partial charge in [0.1, 0.15) is 4.88 Å². The molecular formula is C20H18N2O4S. The Hall–Kier alpha value is -3.06. The van der Waals surface area contributed by atoms with Crippen LogP contribution in [0.3, 0.4) is 0 Å². The topological polar surface area (TPSA) is 93.3 Å². The molecule has 2 aromatic carbocycles. The second kappa shape index (κ2) is 7.28. The molecule has 0 radical (unpaired) electrons. The Morgan fingerprint density at radius 1 is 1.15 bits per heavy atom. The monoisotopic (exact) mass is 382 g/mol. The van der Waals surface area contributed by atoms with Gasteiger partial charge in [-0.1, -0.05) is 29.8 Å². The van der Waals surface area contributed by atoms with E-state index in [0.29, 0.717) is 22.7 Å². The zero-order valence-electron chi connectivity index (χ0n) is 15.1. The number of nitrogens with zero attached hydrogens (tertiary/aromatic N) is 2. The zero-order valence-corrected chi connectivity index (χ0v) is 16.0. The Morgan fingerprint density at radius 2 is 1.81 bits per heavy atom. The van der Waals surface area contributed by atoms with E-state index in [2.05, 4.69) is 4.98 Å². The van der Waals surface area contributed by atoms with E-state index in [-0.39, 0.29) is 10.6 Å². The van der Waals surface area contributed by atoms with Crippen LogP contribution < -0.4 is 0 Å². The molecule has 0 bridgehead atoms. The summed E-state index contributed by atoms with van der Waals surface area (Å²) in [5.41, 5.74) is 4.66. The molecule has 0 saturated carbocycles. The molecule has 27 heavy (non-hydrogen) atoms. The molecule has 0 fully saturated rings. The van der Waals surface area contributed by atoms with Crippen LogP contribution in [0.15, 0.2) is 36.4 Å². The zero-order chi connectivity index (χ0) is 19.7. The number of aryl methyl sites for hydroxylation is 3. The van der Waals surface area contributed by atoms with Crippen LogP contribution in [0.4, 0.5) is 5.69 Å². The molecule has 3 aromatic rings. The molecule has 7 heteroatoms. The Labute approximate surface area is 160 Å². The Bertz CT molecular complexity index is 1040. The molecule has 0 unspecified atom stereocenters. The standard InChI is InChI=1S/C20H18N2O4S/c1-11-4-6-14(7-5-11)18-19(20(23)24)27-17(21-18)10-15-8-13(3)16(22(25)26)9-12(15)2/h4-9H,10H2,1-3H3,(H,23,24). The van der Waals surface area contributed by atoms with Gasteiger partial charge in [-0.05, 0) is 38.0 Å². The van der Waals surface area contributed by atoms with E-state index >= 15 is 0 Å². The van der Waals surface area contributed by atoms with Crippen molar-refractivity contribution in [2.24, 2.45) is 0 Å². The number of carbonyl (C=O) groups is 1. The quantitative estimate of drug-likeness (QED) is 0.499. The van der Waals surface area contributed by atoms with Crippen LogP contribution >= 0.6 is 11.3 Å². The maximum Gasteiger partial charge on any atom is 0.348 e. The molecule has 0 aliphatic carbocycles. The van der Waals surface area contributed by atoms with E-state index in [4.69, 9.17) is 0 Å². The average Bonchev–Trinajstić information content (AvgIpc) is 3.02. The van der Waals surface area contributed by atoms with Gasteiger partial charge in [-0.2, -0.15) is 0 Å². The van der Waals surface area contributed by atoms with Crippen molar-refractivity contribution in [3.8, 4) is 11.3 Å². The summed E-state index contributed by atoms with van der Waals surface area (Å²) in [5.74, 6) is -1.01. The first-order valence-corrected chi connectivity index (χ1v) is 9.12. The maximum atomic E-state index is 11.7. The number of hydrogen-bond donors (Lipinski definition) is 1. The molecule has 0 aliphatic rings. The van der Waals surface area contributed by atoms with Crippen LogP contribution in [-0.2, 0) is 6.42 Å². The second-order valence-electron chi connectivity index (χ2n) is 6.46. The van der Waals surface area contributed by atoms with Crippen molar-refractivity contribution < 1.29 is 14.8 Å². The molecule has 1 aromatic heterocycles. The lowest BCUT2D eigenvalue weighted by Crippen LogP contribution is -1.98. The fourth-order valence-corrected chi connectivity index (χ4v) is 3.85. The van der Waals surface area contributed by atoms with Crippen LogP contribution in [0, 0.1) is 30.9 Å². The van der Waals surface area contributed by atoms with Gasteiger partial charge in [0.2, 0.25) is 0 Å². The summed E-state index contributed by atoms with van der Waals surface area (Å²) in [6.07, 6.45) is 0.432. The lowest BCUT2D eigenvalue weighted by molar-refractivity contribution is -0.385. The van der Waals surface area contributed by atoms with E-state index in [1.807, 2.05) is 38.1 Å².